The molecule has 1 atom stereocenters. The van der Waals surface area contributed by atoms with Gasteiger partial charge in [-0.3, -0.25) is 0 Å². The van der Waals surface area contributed by atoms with Crippen molar-refractivity contribution in [3.05, 3.63) is 35.4 Å². The first-order valence-corrected chi connectivity index (χ1v) is 8.43. The lowest BCUT2D eigenvalue weighted by Crippen LogP contribution is -2.44. The quantitative estimate of drug-likeness (QED) is 0.796. The van der Waals surface area contributed by atoms with Crippen molar-refractivity contribution in [2.45, 2.75) is 44.8 Å². The minimum absolute atomic E-state index is 0.129. The number of ether oxygens (including phenoxy) is 1. The highest BCUT2D eigenvalue weighted by Crippen LogP contribution is 2.30. The lowest BCUT2D eigenvalue weighted by Gasteiger charge is -2.36. The fourth-order valence-electron chi connectivity index (χ4n) is 2.97. The molecule has 2 rings (SSSR count). The number of halogens is 3. The maximum Gasteiger partial charge on any atom is 0.416 e. The van der Waals surface area contributed by atoms with Gasteiger partial charge in [-0.1, -0.05) is 18.2 Å². The second kappa shape index (κ2) is 8.32. The van der Waals surface area contributed by atoms with Crippen LogP contribution < -0.4 is 5.32 Å². The number of nitrogens with one attached hydrogen (secondary N) is 1. The smallest absolute Gasteiger partial charge is 0.396 e. The van der Waals surface area contributed by atoms with Gasteiger partial charge in [0, 0.05) is 31.2 Å². The van der Waals surface area contributed by atoms with E-state index in [9.17, 15) is 18.3 Å². The summed E-state index contributed by atoms with van der Waals surface area (Å²) >= 11 is 0. The summed E-state index contributed by atoms with van der Waals surface area (Å²) in [6, 6.07) is 5.68. The SMILES string of the molecule is CC(CCc1cccc(C(F)(F)F)c1)NCC1(CO)CCOCC1. The normalized spacial score (nSPS) is 19.2. The van der Waals surface area contributed by atoms with Crippen molar-refractivity contribution in [2.75, 3.05) is 26.4 Å². The Balaban J connectivity index is 1.81. The Morgan fingerprint density at radius 1 is 1.29 bits per heavy atom. The van der Waals surface area contributed by atoms with Crippen LogP contribution in [0.4, 0.5) is 13.2 Å². The Morgan fingerprint density at radius 2 is 2.00 bits per heavy atom. The summed E-state index contributed by atoms with van der Waals surface area (Å²) in [6.07, 6.45) is -1.29. The van der Waals surface area contributed by atoms with Crippen molar-refractivity contribution in [2.24, 2.45) is 5.41 Å². The van der Waals surface area contributed by atoms with Gasteiger partial charge in [0.05, 0.1) is 12.2 Å². The number of alkyl halides is 3. The van der Waals surface area contributed by atoms with Gasteiger partial charge in [-0.05, 0) is 44.2 Å². The first kappa shape index (κ1) is 19.2. The van der Waals surface area contributed by atoms with Crippen LogP contribution >= 0.6 is 0 Å². The Labute approximate surface area is 141 Å². The van der Waals surface area contributed by atoms with E-state index in [2.05, 4.69) is 5.32 Å². The van der Waals surface area contributed by atoms with Gasteiger partial charge in [-0.15, -0.1) is 0 Å². The van der Waals surface area contributed by atoms with E-state index in [1.54, 1.807) is 6.07 Å². The third-order valence-corrected chi connectivity index (χ3v) is 4.83. The predicted molar refractivity (Wildman–Crippen MR) is 86.8 cm³/mol. The van der Waals surface area contributed by atoms with Crippen molar-refractivity contribution in [3.8, 4) is 0 Å². The number of hydrogen-bond acceptors (Lipinski definition) is 3. The second-order valence-electron chi connectivity index (χ2n) is 6.79. The zero-order chi connectivity index (χ0) is 17.6. The first-order valence-electron chi connectivity index (χ1n) is 8.43. The van der Waals surface area contributed by atoms with Crippen LogP contribution in [0.5, 0.6) is 0 Å². The molecule has 1 fully saturated rings. The number of aliphatic hydroxyl groups is 1. The molecule has 1 aliphatic rings. The molecule has 0 radical (unpaired) electrons. The Bertz CT molecular complexity index is 513. The fraction of sp³-hybridized carbons (Fsp3) is 0.667. The molecule has 1 heterocycles. The fourth-order valence-corrected chi connectivity index (χ4v) is 2.97. The van der Waals surface area contributed by atoms with Crippen molar-refractivity contribution >= 4 is 0 Å². The molecule has 1 aliphatic heterocycles. The average Bonchev–Trinajstić information content (AvgIpc) is 2.58. The molecule has 2 N–H and O–H groups in total. The first-order chi connectivity index (χ1) is 11.3. The molecule has 24 heavy (non-hydrogen) atoms. The highest BCUT2D eigenvalue weighted by molar-refractivity contribution is 5.25. The van der Waals surface area contributed by atoms with E-state index in [0.717, 1.165) is 25.3 Å². The number of aryl methyl sites for hydroxylation is 1. The molecule has 0 spiro atoms. The molecular formula is C18H26F3NO2. The van der Waals surface area contributed by atoms with Gasteiger partial charge >= 0.3 is 6.18 Å². The van der Waals surface area contributed by atoms with E-state index in [1.165, 1.54) is 12.1 Å². The molecular weight excluding hydrogens is 319 g/mol. The minimum atomic E-state index is -4.30. The predicted octanol–water partition coefficient (Wildman–Crippen LogP) is 3.41. The van der Waals surface area contributed by atoms with Crippen LogP contribution in [-0.2, 0) is 17.3 Å². The van der Waals surface area contributed by atoms with E-state index in [-0.39, 0.29) is 18.1 Å². The van der Waals surface area contributed by atoms with Crippen LogP contribution in [-0.4, -0.2) is 37.5 Å². The number of aliphatic hydroxyl groups excluding tert-OH is 1. The summed E-state index contributed by atoms with van der Waals surface area (Å²) < 4.78 is 43.5. The molecule has 0 saturated carbocycles. The van der Waals surface area contributed by atoms with Crippen LogP contribution in [0.3, 0.4) is 0 Å². The number of rotatable bonds is 7. The Morgan fingerprint density at radius 3 is 2.62 bits per heavy atom. The lowest BCUT2D eigenvalue weighted by atomic mass is 9.81. The Hall–Kier alpha value is -1.11. The summed E-state index contributed by atoms with van der Waals surface area (Å²) in [5, 5.41) is 13.1. The molecule has 3 nitrogen and oxygen atoms in total. The second-order valence-corrected chi connectivity index (χ2v) is 6.79. The van der Waals surface area contributed by atoms with Crippen LogP contribution in [0.25, 0.3) is 0 Å². The van der Waals surface area contributed by atoms with Crippen molar-refractivity contribution in [1.82, 2.24) is 5.32 Å². The Kier molecular flexibility index (Phi) is 6.66. The molecule has 1 unspecified atom stereocenters. The van der Waals surface area contributed by atoms with Crippen molar-refractivity contribution in [3.63, 3.8) is 0 Å². The zero-order valence-corrected chi connectivity index (χ0v) is 14.0. The van der Waals surface area contributed by atoms with Crippen molar-refractivity contribution in [1.29, 1.82) is 0 Å². The molecule has 1 aromatic carbocycles. The van der Waals surface area contributed by atoms with E-state index in [4.69, 9.17) is 4.74 Å². The van der Waals surface area contributed by atoms with E-state index in [0.29, 0.717) is 31.7 Å². The highest BCUT2D eigenvalue weighted by atomic mass is 19.4. The summed E-state index contributed by atoms with van der Waals surface area (Å²) in [5.74, 6) is 0. The van der Waals surface area contributed by atoms with E-state index >= 15 is 0 Å². The molecule has 6 heteroatoms. The molecule has 0 bridgehead atoms. The molecule has 1 saturated heterocycles. The maximum atomic E-state index is 12.7. The van der Waals surface area contributed by atoms with E-state index in [1.807, 2.05) is 6.92 Å². The molecule has 136 valence electrons. The van der Waals surface area contributed by atoms with Crippen LogP contribution in [0, 0.1) is 5.41 Å². The number of benzene rings is 1. The van der Waals surface area contributed by atoms with Crippen LogP contribution in [0.15, 0.2) is 24.3 Å². The topological polar surface area (TPSA) is 41.5 Å². The average molecular weight is 345 g/mol. The van der Waals surface area contributed by atoms with Gasteiger partial charge in [-0.2, -0.15) is 13.2 Å². The monoisotopic (exact) mass is 345 g/mol. The molecule has 0 aromatic heterocycles. The third kappa shape index (κ3) is 5.46. The summed E-state index contributed by atoms with van der Waals surface area (Å²) in [5.41, 5.74) is -0.0358. The van der Waals surface area contributed by atoms with Gasteiger partial charge in [0.25, 0.3) is 0 Å². The summed E-state index contributed by atoms with van der Waals surface area (Å²) in [7, 11) is 0. The minimum Gasteiger partial charge on any atom is -0.396 e. The summed E-state index contributed by atoms with van der Waals surface area (Å²) in [6.45, 7) is 4.19. The standard InChI is InChI=1S/C18H26F3NO2/c1-14(22-12-17(13-23)7-9-24-10-8-17)5-6-15-3-2-4-16(11-15)18(19,20)21/h2-4,11,14,22-23H,5-10,12-13H2,1H3. The van der Waals surface area contributed by atoms with Gasteiger partial charge in [-0.25, -0.2) is 0 Å². The third-order valence-electron chi connectivity index (χ3n) is 4.83. The largest absolute Gasteiger partial charge is 0.416 e. The molecule has 0 aliphatic carbocycles. The van der Waals surface area contributed by atoms with Crippen LogP contribution in [0.1, 0.15) is 37.3 Å². The van der Waals surface area contributed by atoms with Crippen LogP contribution in [0.2, 0.25) is 0 Å². The molecule has 1 aromatic rings. The van der Waals surface area contributed by atoms with Gasteiger partial charge in [0.2, 0.25) is 0 Å². The van der Waals surface area contributed by atoms with Gasteiger partial charge < -0.3 is 15.2 Å². The molecule has 0 amide bonds. The van der Waals surface area contributed by atoms with Gasteiger partial charge in [0.1, 0.15) is 0 Å². The number of hydrogen-bond donors (Lipinski definition) is 2. The summed E-state index contributed by atoms with van der Waals surface area (Å²) in [4.78, 5) is 0. The lowest BCUT2D eigenvalue weighted by molar-refractivity contribution is -0.137. The van der Waals surface area contributed by atoms with Gasteiger partial charge in [0.15, 0.2) is 0 Å². The zero-order valence-electron chi connectivity index (χ0n) is 14.0. The highest BCUT2D eigenvalue weighted by Gasteiger charge is 2.32. The van der Waals surface area contributed by atoms with E-state index < -0.39 is 11.7 Å². The van der Waals surface area contributed by atoms with Crippen molar-refractivity contribution < 1.29 is 23.0 Å². The maximum absolute atomic E-state index is 12.7.